The molecule has 0 bridgehead atoms. The fourth-order valence-electron chi connectivity index (χ4n) is 2.66. The second-order valence-corrected chi connectivity index (χ2v) is 5.02. The van der Waals surface area contributed by atoms with Gasteiger partial charge in [0.15, 0.2) is 0 Å². The summed E-state index contributed by atoms with van der Waals surface area (Å²) in [4.78, 5) is 16.7. The molecule has 0 N–H and O–H groups in total. The predicted molar refractivity (Wildman–Crippen MR) is 74.0 cm³/mol. The van der Waals surface area contributed by atoms with Crippen molar-refractivity contribution in [1.29, 1.82) is 0 Å². The Bertz CT molecular complexity index is 583. The van der Waals surface area contributed by atoms with Gasteiger partial charge < -0.3 is 4.74 Å². The number of para-hydroxylation sites is 1. The van der Waals surface area contributed by atoms with Gasteiger partial charge in [-0.05, 0) is 30.5 Å². The second kappa shape index (κ2) is 5.49. The smallest absolute Gasteiger partial charge is 0.140 e. The topological polar surface area (TPSA) is 39.2 Å². The Morgan fingerprint density at radius 2 is 2.00 bits per heavy atom. The minimum absolute atomic E-state index is 0.167. The number of carbonyl (C=O) groups is 1. The van der Waals surface area contributed by atoms with E-state index in [1.165, 1.54) is 0 Å². The zero-order valence-electron chi connectivity index (χ0n) is 10.8. The van der Waals surface area contributed by atoms with E-state index >= 15 is 0 Å². The minimum Gasteiger partial charge on any atom is -0.381 e. The first-order valence-electron chi connectivity index (χ1n) is 6.77. The van der Waals surface area contributed by atoms with E-state index in [0.29, 0.717) is 25.4 Å². The van der Waals surface area contributed by atoms with Crippen LogP contribution in [0.5, 0.6) is 0 Å². The summed E-state index contributed by atoms with van der Waals surface area (Å²) in [5, 5.41) is 1.09. The Labute approximate surface area is 112 Å². The zero-order chi connectivity index (χ0) is 13.1. The molecule has 3 heteroatoms. The van der Waals surface area contributed by atoms with E-state index in [1.807, 2.05) is 30.3 Å². The Kier molecular flexibility index (Phi) is 3.56. The van der Waals surface area contributed by atoms with Gasteiger partial charge in [0, 0.05) is 37.1 Å². The highest BCUT2D eigenvalue weighted by Gasteiger charge is 2.21. The van der Waals surface area contributed by atoms with Crippen molar-refractivity contribution in [3.05, 3.63) is 42.1 Å². The van der Waals surface area contributed by atoms with E-state index in [0.717, 1.165) is 29.3 Å². The molecule has 2 aromatic rings. The van der Waals surface area contributed by atoms with Crippen molar-refractivity contribution in [3.63, 3.8) is 0 Å². The molecule has 0 spiro atoms. The Morgan fingerprint density at radius 3 is 2.84 bits per heavy atom. The fourth-order valence-corrected chi connectivity index (χ4v) is 2.66. The lowest BCUT2D eigenvalue weighted by atomic mass is 9.90. The Balaban J connectivity index is 1.82. The van der Waals surface area contributed by atoms with Gasteiger partial charge in [0.05, 0.1) is 5.52 Å². The Hall–Kier alpha value is -1.74. The van der Waals surface area contributed by atoms with E-state index in [1.54, 1.807) is 6.20 Å². The van der Waals surface area contributed by atoms with Gasteiger partial charge >= 0.3 is 0 Å². The maximum absolute atomic E-state index is 12.3. The van der Waals surface area contributed by atoms with Crippen LogP contribution in [0.1, 0.15) is 18.4 Å². The molecule has 19 heavy (non-hydrogen) atoms. The summed E-state index contributed by atoms with van der Waals surface area (Å²) in [6.45, 7) is 1.43. The van der Waals surface area contributed by atoms with E-state index in [4.69, 9.17) is 4.74 Å². The fraction of sp³-hybridized carbons (Fsp3) is 0.375. The van der Waals surface area contributed by atoms with Gasteiger partial charge in [0.2, 0.25) is 0 Å². The molecular formula is C16H17NO2. The number of ether oxygens (including phenoxy) is 1. The van der Waals surface area contributed by atoms with Crippen LogP contribution >= 0.6 is 0 Å². The van der Waals surface area contributed by atoms with Crippen molar-refractivity contribution >= 4 is 16.7 Å². The van der Waals surface area contributed by atoms with E-state index in [-0.39, 0.29) is 5.92 Å². The molecule has 1 aromatic carbocycles. The average Bonchev–Trinajstić information content (AvgIpc) is 2.48. The van der Waals surface area contributed by atoms with Crippen molar-refractivity contribution in [2.45, 2.75) is 19.3 Å². The lowest BCUT2D eigenvalue weighted by Gasteiger charge is -2.21. The summed E-state index contributed by atoms with van der Waals surface area (Å²) in [7, 11) is 0. The summed E-state index contributed by atoms with van der Waals surface area (Å²) < 4.78 is 5.31. The zero-order valence-corrected chi connectivity index (χ0v) is 10.8. The second-order valence-electron chi connectivity index (χ2n) is 5.02. The van der Waals surface area contributed by atoms with Crippen molar-refractivity contribution in [3.8, 4) is 0 Å². The van der Waals surface area contributed by atoms with Gasteiger partial charge in [0.25, 0.3) is 0 Å². The number of rotatable bonds is 3. The van der Waals surface area contributed by atoms with Crippen LogP contribution < -0.4 is 0 Å². The standard InChI is InChI=1S/C16H17NO2/c18-16(12-6-9-19-10-7-12)11-13-5-8-17-15-4-2-1-3-14(13)15/h1-5,8,12H,6-7,9-11H2. The molecule has 1 saturated heterocycles. The normalized spacial score (nSPS) is 16.6. The first kappa shape index (κ1) is 12.3. The summed E-state index contributed by atoms with van der Waals surface area (Å²) in [5.74, 6) is 0.500. The molecule has 1 fully saturated rings. The number of ketones is 1. The van der Waals surface area contributed by atoms with Crippen LogP contribution in [0.15, 0.2) is 36.5 Å². The van der Waals surface area contributed by atoms with Crippen molar-refractivity contribution < 1.29 is 9.53 Å². The first-order chi connectivity index (χ1) is 9.34. The molecular weight excluding hydrogens is 238 g/mol. The van der Waals surface area contributed by atoms with Gasteiger partial charge in [-0.15, -0.1) is 0 Å². The van der Waals surface area contributed by atoms with E-state index < -0.39 is 0 Å². The quantitative estimate of drug-likeness (QED) is 0.846. The molecule has 1 aliphatic rings. The Morgan fingerprint density at radius 1 is 1.21 bits per heavy atom. The van der Waals surface area contributed by atoms with Gasteiger partial charge in [-0.3, -0.25) is 9.78 Å². The predicted octanol–water partition coefficient (Wildman–Crippen LogP) is 2.77. The monoisotopic (exact) mass is 255 g/mol. The van der Waals surface area contributed by atoms with Crippen LogP contribution in [0.4, 0.5) is 0 Å². The SMILES string of the molecule is O=C(Cc1ccnc2ccccc12)C1CCOCC1. The molecule has 0 atom stereocenters. The van der Waals surface area contributed by atoms with Gasteiger partial charge in [-0.2, -0.15) is 0 Å². The number of hydrogen-bond donors (Lipinski definition) is 0. The molecule has 3 nitrogen and oxygen atoms in total. The van der Waals surface area contributed by atoms with Crippen molar-refractivity contribution in [2.24, 2.45) is 5.92 Å². The molecule has 0 amide bonds. The van der Waals surface area contributed by atoms with E-state index in [2.05, 4.69) is 4.98 Å². The lowest BCUT2D eigenvalue weighted by Crippen LogP contribution is -2.24. The third kappa shape index (κ3) is 2.66. The molecule has 0 aliphatic carbocycles. The molecule has 0 radical (unpaired) electrons. The van der Waals surface area contributed by atoms with Crippen LogP contribution in [0.2, 0.25) is 0 Å². The highest BCUT2D eigenvalue weighted by Crippen LogP contribution is 2.21. The summed E-state index contributed by atoms with van der Waals surface area (Å²) in [6, 6.07) is 9.94. The summed E-state index contributed by atoms with van der Waals surface area (Å²) >= 11 is 0. The number of hydrogen-bond acceptors (Lipinski definition) is 3. The molecule has 2 heterocycles. The molecule has 0 saturated carbocycles. The number of aromatic nitrogens is 1. The molecule has 1 aromatic heterocycles. The van der Waals surface area contributed by atoms with Crippen molar-refractivity contribution in [2.75, 3.05) is 13.2 Å². The number of Topliss-reactive ketones (excluding diaryl/α,β-unsaturated/α-hetero) is 1. The van der Waals surface area contributed by atoms with Crippen LogP contribution in [0.3, 0.4) is 0 Å². The molecule has 1 aliphatic heterocycles. The maximum Gasteiger partial charge on any atom is 0.140 e. The number of fused-ring (bicyclic) bond motifs is 1. The maximum atomic E-state index is 12.3. The molecule has 3 rings (SSSR count). The number of pyridine rings is 1. The third-order valence-electron chi connectivity index (χ3n) is 3.78. The lowest BCUT2D eigenvalue weighted by molar-refractivity contribution is -0.124. The van der Waals surface area contributed by atoms with Crippen LogP contribution in [-0.4, -0.2) is 24.0 Å². The summed E-state index contributed by atoms with van der Waals surface area (Å²) in [5.41, 5.74) is 2.04. The highest BCUT2D eigenvalue weighted by atomic mass is 16.5. The number of carbonyl (C=O) groups excluding carboxylic acids is 1. The van der Waals surface area contributed by atoms with Crippen molar-refractivity contribution in [1.82, 2.24) is 4.98 Å². The molecule has 0 unspecified atom stereocenters. The minimum atomic E-state index is 0.167. The largest absolute Gasteiger partial charge is 0.381 e. The third-order valence-corrected chi connectivity index (χ3v) is 3.78. The van der Waals surface area contributed by atoms with Crippen LogP contribution in [0.25, 0.3) is 10.9 Å². The van der Waals surface area contributed by atoms with Crippen LogP contribution in [0, 0.1) is 5.92 Å². The number of nitrogens with zero attached hydrogens (tertiary/aromatic N) is 1. The summed E-state index contributed by atoms with van der Waals surface area (Å²) in [6.07, 6.45) is 4.02. The van der Waals surface area contributed by atoms with Gasteiger partial charge in [-0.25, -0.2) is 0 Å². The van der Waals surface area contributed by atoms with E-state index in [9.17, 15) is 4.79 Å². The number of benzene rings is 1. The highest BCUT2D eigenvalue weighted by molar-refractivity contribution is 5.89. The van der Waals surface area contributed by atoms with Crippen LogP contribution in [-0.2, 0) is 16.0 Å². The van der Waals surface area contributed by atoms with Gasteiger partial charge in [-0.1, -0.05) is 18.2 Å². The molecule has 98 valence electrons. The first-order valence-corrected chi connectivity index (χ1v) is 6.77. The van der Waals surface area contributed by atoms with Gasteiger partial charge in [0.1, 0.15) is 5.78 Å². The average molecular weight is 255 g/mol.